The van der Waals surface area contributed by atoms with E-state index in [1.165, 1.54) is 11.2 Å². The minimum Gasteiger partial charge on any atom is -0.507 e. The highest BCUT2D eigenvalue weighted by Gasteiger charge is 2.48. The molecule has 3 aromatic rings. The number of hydrogen-bond acceptors (Lipinski definition) is 5. The van der Waals surface area contributed by atoms with Crippen molar-refractivity contribution in [1.29, 1.82) is 0 Å². The molecule has 1 aliphatic rings. The second-order valence-corrected chi connectivity index (χ2v) is 7.91. The lowest BCUT2D eigenvalue weighted by Crippen LogP contribution is -2.29. The highest BCUT2D eigenvalue weighted by atomic mass is 16.5. The molecule has 6 heteroatoms. The molecule has 1 aliphatic heterocycles. The quantitative estimate of drug-likeness (QED) is 0.325. The van der Waals surface area contributed by atoms with Crippen molar-refractivity contribution in [2.45, 2.75) is 33.2 Å². The van der Waals surface area contributed by atoms with Crippen LogP contribution in [0.1, 0.15) is 41.8 Å². The molecule has 0 saturated carbocycles. The Bertz CT molecular complexity index is 1170. The van der Waals surface area contributed by atoms with Gasteiger partial charge >= 0.3 is 0 Å². The van der Waals surface area contributed by atoms with Crippen LogP contribution in [0.15, 0.2) is 70.9 Å². The molecule has 1 amide bonds. The van der Waals surface area contributed by atoms with Crippen LogP contribution in [0.4, 0.5) is 5.69 Å². The molecule has 6 nitrogen and oxygen atoms in total. The first-order chi connectivity index (χ1) is 15.4. The third kappa shape index (κ3) is 3.91. The number of aryl methyl sites for hydroxylation is 2. The summed E-state index contributed by atoms with van der Waals surface area (Å²) in [6.45, 7) is 6.39. The fraction of sp³-hybridized carbons (Fsp3) is 0.231. The summed E-state index contributed by atoms with van der Waals surface area (Å²) >= 11 is 0. The summed E-state index contributed by atoms with van der Waals surface area (Å²) in [5.74, 6) is -0.768. The van der Waals surface area contributed by atoms with E-state index in [4.69, 9.17) is 9.15 Å². The van der Waals surface area contributed by atoms with Crippen LogP contribution in [0, 0.1) is 13.8 Å². The Morgan fingerprint density at radius 3 is 2.47 bits per heavy atom. The number of amides is 1. The monoisotopic (exact) mass is 431 g/mol. The van der Waals surface area contributed by atoms with Crippen molar-refractivity contribution in [1.82, 2.24) is 0 Å². The van der Waals surface area contributed by atoms with Crippen LogP contribution >= 0.6 is 0 Å². The molecule has 1 fully saturated rings. The normalized spacial score (nSPS) is 17.7. The number of Topliss-reactive ketones (excluding diaryl/α,β-unsaturated/α-hetero) is 1. The number of carbonyl (C=O) groups is 2. The molecule has 164 valence electrons. The molecule has 4 rings (SSSR count). The number of anilines is 1. The van der Waals surface area contributed by atoms with E-state index in [0.717, 1.165) is 17.5 Å². The van der Waals surface area contributed by atoms with Crippen molar-refractivity contribution in [3.8, 4) is 5.75 Å². The molecule has 2 heterocycles. The molecule has 1 N–H and O–H groups in total. The minimum absolute atomic E-state index is 0.0169. The Kier molecular flexibility index (Phi) is 5.86. The van der Waals surface area contributed by atoms with Crippen molar-refractivity contribution >= 4 is 23.1 Å². The second kappa shape index (κ2) is 8.75. The van der Waals surface area contributed by atoms with Crippen LogP contribution < -0.4 is 9.64 Å². The molecule has 0 radical (unpaired) electrons. The predicted molar refractivity (Wildman–Crippen MR) is 122 cm³/mol. The number of ketones is 1. The van der Waals surface area contributed by atoms with Crippen molar-refractivity contribution in [2.75, 3.05) is 11.5 Å². The third-order valence-electron chi connectivity index (χ3n) is 5.32. The van der Waals surface area contributed by atoms with Crippen LogP contribution in [0.25, 0.3) is 5.76 Å². The largest absolute Gasteiger partial charge is 0.507 e. The Morgan fingerprint density at radius 1 is 1.06 bits per heavy atom. The maximum Gasteiger partial charge on any atom is 0.300 e. The number of aliphatic hydroxyl groups excluding tert-OH is 1. The lowest BCUT2D eigenvalue weighted by Gasteiger charge is -2.24. The average Bonchev–Trinajstić information content (AvgIpc) is 3.38. The van der Waals surface area contributed by atoms with E-state index in [0.29, 0.717) is 29.4 Å². The fourth-order valence-electron chi connectivity index (χ4n) is 4.01. The van der Waals surface area contributed by atoms with E-state index < -0.39 is 17.7 Å². The summed E-state index contributed by atoms with van der Waals surface area (Å²) in [6, 6.07) is 15.0. The van der Waals surface area contributed by atoms with E-state index in [9.17, 15) is 14.7 Å². The second-order valence-electron chi connectivity index (χ2n) is 7.91. The zero-order valence-corrected chi connectivity index (χ0v) is 18.3. The number of benzene rings is 2. The average molecular weight is 431 g/mol. The summed E-state index contributed by atoms with van der Waals surface area (Å²) < 4.78 is 11.3. The molecule has 1 atom stereocenters. The van der Waals surface area contributed by atoms with Crippen molar-refractivity contribution in [2.24, 2.45) is 0 Å². The van der Waals surface area contributed by atoms with Gasteiger partial charge in [0.15, 0.2) is 0 Å². The van der Waals surface area contributed by atoms with Gasteiger partial charge in [-0.15, -0.1) is 0 Å². The van der Waals surface area contributed by atoms with Gasteiger partial charge in [-0.25, -0.2) is 0 Å². The minimum atomic E-state index is -0.883. The highest BCUT2D eigenvalue weighted by Crippen LogP contribution is 2.42. The maximum absolute atomic E-state index is 13.2. The molecule has 1 unspecified atom stereocenters. The van der Waals surface area contributed by atoms with Gasteiger partial charge < -0.3 is 14.3 Å². The SMILES string of the molecule is CCCOc1cccc(/C(O)=C2/C(=O)C(=O)N(c3cc(C)cc(C)c3)C2c2ccco2)c1. The van der Waals surface area contributed by atoms with E-state index in [-0.39, 0.29) is 11.3 Å². The van der Waals surface area contributed by atoms with Gasteiger partial charge in [-0.2, -0.15) is 0 Å². The van der Waals surface area contributed by atoms with Gasteiger partial charge in [-0.3, -0.25) is 14.5 Å². The molecule has 1 aromatic heterocycles. The Labute approximate surface area is 186 Å². The molecular weight excluding hydrogens is 406 g/mol. The Balaban J connectivity index is 1.87. The number of nitrogens with zero attached hydrogens (tertiary/aromatic N) is 1. The summed E-state index contributed by atoms with van der Waals surface area (Å²) in [5.41, 5.74) is 2.87. The summed E-state index contributed by atoms with van der Waals surface area (Å²) in [4.78, 5) is 27.7. The molecule has 0 spiro atoms. The highest BCUT2D eigenvalue weighted by molar-refractivity contribution is 6.51. The number of ether oxygens (including phenoxy) is 1. The van der Waals surface area contributed by atoms with E-state index >= 15 is 0 Å². The van der Waals surface area contributed by atoms with E-state index in [1.807, 2.05) is 39.0 Å². The number of hydrogen-bond donors (Lipinski definition) is 1. The van der Waals surface area contributed by atoms with Gasteiger partial charge in [0.1, 0.15) is 23.3 Å². The molecular formula is C26H25NO5. The molecule has 0 bridgehead atoms. The summed E-state index contributed by atoms with van der Waals surface area (Å²) in [6.07, 6.45) is 2.33. The Hall–Kier alpha value is -3.80. The molecule has 0 aliphatic carbocycles. The van der Waals surface area contributed by atoms with Gasteiger partial charge in [0.2, 0.25) is 0 Å². The lowest BCUT2D eigenvalue weighted by molar-refractivity contribution is -0.132. The van der Waals surface area contributed by atoms with Gasteiger partial charge in [0.25, 0.3) is 11.7 Å². The van der Waals surface area contributed by atoms with Crippen LogP contribution in [0.3, 0.4) is 0 Å². The maximum atomic E-state index is 13.2. The number of carbonyl (C=O) groups excluding carboxylic acids is 2. The van der Waals surface area contributed by atoms with Gasteiger partial charge in [0, 0.05) is 11.3 Å². The molecule has 32 heavy (non-hydrogen) atoms. The fourth-order valence-corrected chi connectivity index (χ4v) is 4.01. The smallest absolute Gasteiger partial charge is 0.300 e. The van der Waals surface area contributed by atoms with Crippen LogP contribution in [0.2, 0.25) is 0 Å². The number of rotatable bonds is 6. The first-order valence-corrected chi connectivity index (χ1v) is 10.6. The number of aliphatic hydroxyl groups is 1. The lowest BCUT2D eigenvalue weighted by atomic mass is 9.99. The summed E-state index contributed by atoms with van der Waals surface area (Å²) in [7, 11) is 0. The van der Waals surface area contributed by atoms with E-state index in [1.54, 1.807) is 36.4 Å². The number of furan rings is 1. The van der Waals surface area contributed by atoms with Crippen LogP contribution in [-0.4, -0.2) is 23.4 Å². The van der Waals surface area contributed by atoms with Gasteiger partial charge in [-0.05, 0) is 67.8 Å². The van der Waals surface area contributed by atoms with Crippen molar-refractivity contribution in [3.63, 3.8) is 0 Å². The van der Waals surface area contributed by atoms with E-state index in [2.05, 4.69) is 0 Å². The standard InChI is InChI=1S/C26H25NO5/c1-4-10-31-20-8-5-7-18(15-20)24(28)22-23(21-9-6-11-32-21)27(26(30)25(22)29)19-13-16(2)12-17(3)14-19/h5-9,11-15,23,28H,4,10H2,1-3H3/b24-22-. The van der Waals surface area contributed by atoms with Crippen molar-refractivity contribution < 1.29 is 23.8 Å². The first-order valence-electron chi connectivity index (χ1n) is 10.6. The molecule has 1 saturated heterocycles. The zero-order chi connectivity index (χ0) is 22.8. The third-order valence-corrected chi connectivity index (χ3v) is 5.32. The molecule has 2 aromatic carbocycles. The zero-order valence-electron chi connectivity index (χ0n) is 18.3. The predicted octanol–water partition coefficient (Wildman–Crippen LogP) is 5.31. The van der Waals surface area contributed by atoms with Crippen molar-refractivity contribution in [3.05, 3.63) is 88.9 Å². The first kappa shape index (κ1) is 21.4. The topological polar surface area (TPSA) is 80.0 Å². The Morgan fingerprint density at radius 2 is 1.81 bits per heavy atom. The van der Waals surface area contributed by atoms with Gasteiger partial charge in [0.05, 0.1) is 18.4 Å². The summed E-state index contributed by atoms with van der Waals surface area (Å²) in [5, 5.41) is 11.2. The van der Waals surface area contributed by atoms with Crippen LogP contribution in [-0.2, 0) is 9.59 Å². The van der Waals surface area contributed by atoms with Crippen LogP contribution in [0.5, 0.6) is 5.75 Å². The van der Waals surface area contributed by atoms with Gasteiger partial charge in [-0.1, -0.05) is 25.1 Å².